The Balaban J connectivity index is 1.11. The van der Waals surface area contributed by atoms with Gasteiger partial charge in [-0.15, -0.1) is 0 Å². The number of benzene rings is 8. The van der Waals surface area contributed by atoms with Crippen LogP contribution < -0.4 is 4.90 Å². The first kappa shape index (κ1) is 29.5. The first-order valence-electron chi connectivity index (χ1n) is 17.7. The van der Waals surface area contributed by atoms with Gasteiger partial charge in [-0.1, -0.05) is 147 Å². The van der Waals surface area contributed by atoms with Gasteiger partial charge in [-0.25, -0.2) is 0 Å². The molecule has 51 heavy (non-hydrogen) atoms. The van der Waals surface area contributed by atoms with Crippen molar-refractivity contribution in [2.24, 2.45) is 0 Å². The molecule has 242 valence electrons. The lowest BCUT2D eigenvalue weighted by Gasteiger charge is -2.28. The molecule has 0 unspecified atom stereocenters. The maximum absolute atomic E-state index is 6.65. The van der Waals surface area contributed by atoms with Crippen molar-refractivity contribution in [2.75, 3.05) is 4.90 Å². The summed E-state index contributed by atoms with van der Waals surface area (Å²) in [5, 5.41) is 4.71. The van der Waals surface area contributed by atoms with Crippen LogP contribution in [0.4, 0.5) is 17.1 Å². The minimum absolute atomic E-state index is 0.0764. The lowest BCUT2D eigenvalue weighted by atomic mass is 9.82. The minimum atomic E-state index is -0.0764. The molecule has 10 rings (SSSR count). The summed E-state index contributed by atoms with van der Waals surface area (Å²) in [7, 11) is 0. The Morgan fingerprint density at radius 2 is 1.06 bits per heavy atom. The SMILES string of the molecule is CC1(C)c2ccccc2-c2ccc(N(c3ccccc3)c3ccc(-c4cccc5ccc6oc7c(-c8ccccc8)cccc7c6c45)cc3)cc21. The molecule has 0 bridgehead atoms. The number of rotatable bonds is 5. The molecule has 1 aromatic heterocycles. The van der Waals surface area contributed by atoms with Crippen molar-refractivity contribution < 1.29 is 4.42 Å². The van der Waals surface area contributed by atoms with Gasteiger partial charge in [0.05, 0.1) is 0 Å². The molecule has 1 aliphatic carbocycles. The number of hydrogen-bond donors (Lipinski definition) is 0. The molecule has 0 spiro atoms. The van der Waals surface area contributed by atoms with E-state index in [1.54, 1.807) is 0 Å². The Kier molecular flexibility index (Phi) is 6.56. The fourth-order valence-corrected chi connectivity index (χ4v) is 8.40. The quantitative estimate of drug-likeness (QED) is 0.184. The predicted octanol–water partition coefficient (Wildman–Crippen LogP) is 13.8. The van der Waals surface area contributed by atoms with E-state index in [2.05, 4.69) is 195 Å². The van der Waals surface area contributed by atoms with E-state index in [-0.39, 0.29) is 5.41 Å². The van der Waals surface area contributed by atoms with Gasteiger partial charge in [0.25, 0.3) is 0 Å². The number of nitrogens with zero attached hydrogens (tertiary/aromatic N) is 1. The van der Waals surface area contributed by atoms with Gasteiger partial charge < -0.3 is 9.32 Å². The van der Waals surface area contributed by atoms with E-state index in [4.69, 9.17) is 4.42 Å². The molecular formula is C49H35NO. The first-order chi connectivity index (χ1) is 25.1. The van der Waals surface area contributed by atoms with E-state index < -0.39 is 0 Å². The van der Waals surface area contributed by atoms with Gasteiger partial charge in [-0.05, 0) is 86.8 Å². The van der Waals surface area contributed by atoms with Gasteiger partial charge in [0, 0.05) is 44.2 Å². The van der Waals surface area contributed by atoms with Crippen molar-refractivity contribution in [1.29, 1.82) is 0 Å². The Morgan fingerprint density at radius 1 is 0.431 bits per heavy atom. The third kappa shape index (κ3) is 4.57. The monoisotopic (exact) mass is 653 g/mol. The molecule has 0 saturated heterocycles. The second kappa shape index (κ2) is 11.3. The van der Waals surface area contributed by atoms with Crippen molar-refractivity contribution in [3.8, 4) is 33.4 Å². The molecule has 0 saturated carbocycles. The van der Waals surface area contributed by atoms with Crippen LogP contribution in [0.2, 0.25) is 0 Å². The number of para-hydroxylation sites is 2. The summed E-state index contributed by atoms with van der Waals surface area (Å²) in [5.74, 6) is 0. The van der Waals surface area contributed by atoms with Gasteiger partial charge in [0.2, 0.25) is 0 Å². The zero-order valence-corrected chi connectivity index (χ0v) is 28.6. The summed E-state index contributed by atoms with van der Waals surface area (Å²) < 4.78 is 6.65. The predicted molar refractivity (Wildman–Crippen MR) is 214 cm³/mol. The summed E-state index contributed by atoms with van der Waals surface area (Å²) in [5.41, 5.74) is 15.2. The highest BCUT2D eigenvalue weighted by molar-refractivity contribution is 6.24. The zero-order valence-electron chi connectivity index (χ0n) is 28.6. The van der Waals surface area contributed by atoms with Crippen molar-refractivity contribution in [3.05, 3.63) is 187 Å². The lowest BCUT2D eigenvalue weighted by molar-refractivity contribution is 0.660. The fourth-order valence-electron chi connectivity index (χ4n) is 8.40. The molecular weight excluding hydrogens is 619 g/mol. The van der Waals surface area contributed by atoms with Crippen LogP contribution in [0, 0.1) is 0 Å². The standard InChI is InChI=1S/C49H35NO/c1-49(2)43-22-10-9-18-40(43)41-29-28-37(31-44(41)49)50(35-16-7-4-8-17-35)36-26-23-33(24-27-36)38-19-11-15-34-25-30-45-47(46(34)38)42-21-12-20-39(48(42)51-45)32-13-5-3-6-14-32/h3-31H,1-2H3. The average molecular weight is 654 g/mol. The average Bonchev–Trinajstić information content (AvgIpc) is 3.68. The topological polar surface area (TPSA) is 16.4 Å². The maximum atomic E-state index is 6.65. The normalized spacial score (nSPS) is 13.1. The van der Waals surface area contributed by atoms with Gasteiger partial charge in [-0.2, -0.15) is 0 Å². The van der Waals surface area contributed by atoms with Crippen LogP contribution in [-0.2, 0) is 5.41 Å². The second-order valence-electron chi connectivity index (χ2n) is 14.1. The van der Waals surface area contributed by atoms with Crippen molar-refractivity contribution in [1.82, 2.24) is 0 Å². The van der Waals surface area contributed by atoms with Gasteiger partial charge in [-0.3, -0.25) is 0 Å². The van der Waals surface area contributed by atoms with Crippen LogP contribution >= 0.6 is 0 Å². The molecule has 8 aromatic carbocycles. The second-order valence-corrected chi connectivity index (χ2v) is 14.1. The third-order valence-electron chi connectivity index (χ3n) is 10.9. The van der Waals surface area contributed by atoms with E-state index >= 15 is 0 Å². The molecule has 1 heterocycles. The molecule has 0 radical (unpaired) electrons. The third-order valence-corrected chi connectivity index (χ3v) is 10.9. The van der Waals surface area contributed by atoms with Crippen LogP contribution in [0.15, 0.2) is 180 Å². The maximum Gasteiger partial charge on any atom is 0.143 e. The number of hydrogen-bond acceptors (Lipinski definition) is 2. The summed E-state index contributed by atoms with van der Waals surface area (Å²) in [4.78, 5) is 2.37. The van der Waals surface area contributed by atoms with Gasteiger partial charge >= 0.3 is 0 Å². The summed E-state index contributed by atoms with van der Waals surface area (Å²) in [6.07, 6.45) is 0. The molecule has 2 nitrogen and oxygen atoms in total. The summed E-state index contributed by atoms with van der Waals surface area (Å²) >= 11 is 0. The molecule has 0 N–H and O–H groups in total. The van der Waals surface area contributed by atoms with Crippen LogP contribution in [0.5, 0.6) is 0 Å². The Hall–Kier alpha value is -6.38. The minimum Gasteiger partial charge on any atom is -0.455 e. The smallest absolute Gasteiger partial charge is 0.143 e. The van der Waals surface area contributed by atoms with Gasteiger partial charge in [0.1, 0.15) is 11.2 Å². The van der Waals surface area contributed by atoms with E-state index in [1.165, 1.54) is 44.2 Å². The van der Waals surface area contributed by atoms with Crippen LogP contribution in [0.1, 0.15) is 25.0 Å². The molecule has 0 aliphatic heterocycles. The van der Waals surface area contributed by atoms with Crippen LogP contribution in [0.25, 0.3) is 66.1 Å². The molecule has 0 fully saturated rings. The first-order valence-corrected chi connectivity index (χ1v) is 17.7. The summed E-state index contributed by atoms with van der Waals surface area (Å²) in [6.45, 7) is 4.69. The van der Waals surface area contributed by atoms with E-state index in [9.17, 15) is 0 Å². The summed E-state index contributed by atoms with van der Waals surface area (Å²) in [6, 6.07) is 63.5. The highest BCUT2D eigenvalue weighted by Gasteiger charge is 2.35. The van der Waals surface area contributed by atoms with Gasteiger partial charge in [0.15, 0.2) is 0 Å². The number of furan rings is 1. The van der Waals surface area contributed by atoms with E-state index in [1.807, 2.05) is 0 Å². The van der Waals surface area contributed by atoms with E-state index in [0.717, 1.165) is 50.1 Å². The lowest BCUT2D eigenvalue weighted by Crippen LogP contribution is -2.16. The number of fused-ring (bicyclic) bond motifs is 8. The van der Waals surface area contributed by atoms with E-state index in [0.29, 0.717) is 0 Å². The van der Waals surface area contributed by atoms with Crippen molar-refractivity contribution in [3.63, 3.8) is 0 Å². The highest BCUT2D eigenvalue weighted by atomic mass is 16.3. The molecule has 0 atom stereocenters. The Morgan fingerprint density at radius 3 is 1.88 bits per heavy atom. The van der Waals surface area contributed by atoms with Crippen LogP contribution in [-0.4, -0.2) is 0 Å². The molecule has 0 amide bonds. The van der Waals surface area contributed by atoms with Crippen molar-refractivity contribution >= 4 is 49.8 Å². The fraction of sp³-hybridized carbons (Fsp3) is 0.0612. The van der Waals surface area contributed by atoms with Crippen molar-refractivity contribution in [2.45, 2.75) is 19.3 Å². The number of anilines is 3. The largest absolute Gasteiger partial charge is 0.455 e. The molecule has 9 aromatic rings. The Bertz CT molecular complexity index is 2760. The highest BCUT2D eigenvalue weighted by Crippen LogP contribution is 2.51. The zero-order chi connectivity index (χ0) is 34.1. The van der Waals surface area contributed by atoms with Crippen LogP contribution in [0.3, 0.4) is 0 Å². The Labute approximate surface area is 297 Å². The molecule has 1 aliphatic rings. The molecule has 2 heteroatoms.